The number of anilines is 1. The first-order chi connectivity index (χ1) is 15.1. The van der Waals surface area contributed by atoms with Crippen molar-refractivity contribution < 1.29 is 13.9 Å². The van der Waals surface area contributed by atoms with E-state index in [0.717, 1.165) is 41.4 Å². The molecule has 1 fully saturated rings. The Kier molecular flexibility index (Phi) is 6.89. The maximum Gasteiger partial charge on any atom is 0.220 e. The summed E-state index contributed by atoms with van der Waals surface area (Å²) < 4.78 is 11.3. The van der Waals surface area contributed by atoms with Crippen LogP contribution in [-0.4, -0.2) is 37.2 Å². The van der Waals surface area contributed by atoms with Gasteiger partial charge in [0.15, 0.2) is 11.7 Å². The zero-order chi connectivity index (χ0) is 21.6. The Hall–Kier alpha value is -2.83. The number of carbonyl (C=O) groups is 1. The molecule has 1 amide bonds. The Morgan fingerprint density at radius 3 is 2.71 bits per heavy atom. The molecule has 162 valence electrons. The molecule has 0 aliphatic carbocycles. The molecule has 0 bridgehead atoms. The highest BCUT2D eigenvalue weighted by Gasteiger charge is 2.16. The predicted molar refractivity (Wildman–Crippen MR) is 121 cm³/mol. The van der Waals surface area contributed by atoms with Crippen LogP contribution in [0.2, 0.25) is 5.02 Å². The van der Waals surface area contributed by atoms with E-state index in [-0.39, 0.29) is 5.91 Å². The number of oxazole rings is 1. The molecular formula is C24H26ClN3O3. The maximum atomic E-state index is 12.5. The van der Waals surface area contributed by atoms with Crippen LogP contribution in [0.3, 0.4) is 0 Å². The summed E-state index contributed by atoms with van der Waals surface area (Å²) in [6, 6.07) is 15.7. The third kappa shape index (κ3) is 5.46. The summed E-state index contributed by atoms with van der Waals surface area (Å²) >= 11 is 6.20. The molecule has 6 nitrogen and oxygen atoms in total. The van der Waals surface area contributed by atoms with Crippen LogP contribution < -0.4 is 10.2 Å². The van der Waals surface area contributed by atoms with E-state index < -0.39 is 0 Å². The maximum absolute atomic E-state index is 12.5. The van der Waals surface area contributed by atoms with Gasteiger partial charge in [-0.2, -0.15) is 0 Å². The SMILES string of the molecule is Cc1nc(CCC(=O)NCc2cc(Cl)ccc2N2CCOCC2)oc1-c1ccccc1. The fourth-order valence-electron chi connectivity index (χ4n) is 3.73. The number of halogens is 1. The lowest BCUT2D eigenvalue weighted by atomic mass is 10.1. The summed E-state index contributed by atoms with van der Waals surface area (Å²) in [6.45, 7) is 5.41. The van der Waals surface area contributed by atoms with Crippen LogP contribution in [-0.2, 0) is 22.5 Å². The van der Waals surface area contributed by atoms with E-state index in [1.54, 1.807) is 0 Å². The first-order valence-corrected chi connectivity index (χ1v) is 10.9. The number of nitrogens with zero attached hydrogens (tertiary/aromatic N) is 2. The molecule has 4 rings (SSSR count). The second-order valence-corrected chi connectivity index (χ2v) is 7.97. The smallest absolute Gasteiger partial charge is 0.220 e. The van der Waals surface area contributed by atoms with Gasteiger partial charge >= 0.3 is 0 Å². The van der Waals surface area contributed by atoms with Crippen LogP contribution in [0.15, 0.2) is 52.9 Å². The molecule has 0 unspecified atom stereocenters. The molecule has 1 aliphatic heterocycles. The fraction of sp³-hybridized carbons (Fsp3) is 0.333. The Balaban J connectivity index is 1.35. The average Bonchev–Trinajstić information content (AvgIpc) is 3.18. The Labute approximate surface area is 187 Å². The van der Waals surface area contributed by atoms with Gasteiger partial charge in [-0.3, -0.25) is 4.79 Å². The summed E-state index contributed by atoms with van der Waals surface area (Å²) in [4.78, 5) is 19.2. The van der Waals surface area contributed by atoms with E-state index in [2.05, 4.69) is 15.2 Å². The second kappa shape index (κ2) is 9.98. The second-order valence-electron chi connectivity index (χ2n) is 7.54. The van der Waals surface area contributed by atoms with Gasteiger partial charge in [0.25, 0.3) is 0 Å². The highest BCUT2D eigenvalue weighted by atomic mass is 35.5. The van der Waals surface area contributed by atoms with Crippen LogP contribution in [0.1, 0.15) is 23.6 Å². The van der Waals surface area contributed by atoms with Gasteiger partial charge in [0, 0.05) is 48.7 Å². The lowest BCUT2D eigenvalue weighted by molar-refractivity contribution is -0.121. The van der Waals surface area contributed by atoms with E-state index in [0.29, 0.717) is 43.5 Å². The van der Waals surface area contributed by atoms with Crippen molar-refractivity contribution in [2.45, 2.75) is 26.3 Å². The topological polar surface area (TPSA) is 67.6 Å². The number of carbonyl (C=O) groups excluding carboxylic acids is 1. The number of morpholine rings is 1. The van der Waals surface area contributed by atoms with E-state index in [1.165, 1.54) is 0 Å². The molecule has 0 spiro atoms. The number of aromatic nitrogens is 1. The zero-order valence-electron chi connectivity index (χ0n) is 17.6. The van der Waals surface area contributed by atoms with E-state index in [4.69, 9.17) is 20.8 Å². The number of aryl methyl sites for hydroxylation is 2. The Bertz CT molecular complexity index is 1030. The minimum atomic E-state index is -0.0509. The largest absolute Gasteiger partial charge is 0.440 e. The van der Waals surface area contributed by atoms with Gasteiger partial charge in [0.2, 0.25) is 5.91 Å². The number of hydrogen-bond acceptors (Lipinski definition) is 5. The Morgan fingerprint density at radius 2 is 1.94 bits per heavy atom. The number of hydrogen-bond donors (Lipinski definition) is 1. The van der Waals surface area contributed by atoms with Crippen molar-refractivity contribution in [3.63, 3.8) is 0 Å². The van der Waals surface area contributed by atoms with Gasteiger partial charge in [-0.25, -0.2) is 4.98 Å². The summed E-state index contributed by atoms with van der Waals surface area (Å²) in [5, 5.41) is 3.66. The van der Waals surface area contributed by atoms with Gasteiger partial charge in [-0.1, -0.05) is 41.9 Å². The van der Waals surface area contributed by atoms with Crippen molar-refractivity contribution in [1.82, 2.24) is 10.3 Å². The van der Waals surface area contributed by atoms with E-state index in [9.17, 15) is 4.79 Å². The molecule has 2 aromatic carbocycles. The van der Waals surface area contributed by atoms with Crippen molar-refractivity contribution in [1.29, 1.82) is 0 Å². The summed E-state index contributed by atoms with van der Waals surface area (Å²) in [5.41, 5.74) is 3.90. The quantitative estimate of drug-likeness (QED) is 0.591. The molecular weight excluding hydrogens is 414 g/mol. The molecule has 1 saturated heterocycles. The van der Waals surface area contributed by atoms with Crippen LogP contribution in [0.25, 0.3) is 11.3 Å². The number of amides is 1. The summed E-state index contributed by atoms with van der Waals surface area (Å²) in [7, 11) is 0. The molecule has 7 heteroatoms. The highest BCUT2D eigenvalue weighted by molar-refractivity contribution is 6.30. The minimum Gasteiger partial charge on any atom is -0.440 e. The monoisotopic (exact) mass is 439 g/mol. The van der Waals surface area contributed by atoms with Gasteiger partial charge < -0.3 is 19.4 Å². The molecule has 1 aromatic heterocycles. The normalized spacial score (nSPS) is 13.9. The van der Waals surface area contributed by atoms with Crippen LogP contribution in [0, 0.1) is 6.92 Å². The van der Waals surface area contributed by atoms with Crippen LogP contribution in [0.4, 0.5) is 5.69 Å². The predicted octanol–water partition coefficient (Wildman–Crippen LogP) is 4.39. The summed E-state index contributed by atoms with van der Waals surface area (Å²) in [6.07, 6.45) is 0.757. The standard InChI is InChI=1S/C24H26ClN3O3/c1-17-24(18-5-3-2-4-6-18)31-23(27-17)10-9-22(29)26-16-19-15-20(25)7-8-21(19)28-11-13-30-14-12-28/h2-8,15H,9-14,16H2,1H3,(H,26,29). The number of rotatable bonds is 7. The van der Waals surface area contributed by atoms with E-state index in [1.807, 2.05) is 55.5 Å². The lowest BCUT2D eigenvalue weighted by Gasteiger charge is -2.30. The first-order valence-electron chi connectivity index (χ1n) is 10.5. The molecule has 0 atom stereocenters. The van der Waals surface area contributed by atoms with Crippen LogP contribution in [0.5, 0.6) is 0 Å². The van der Waals surface area contributed by atoms with Gasteiger partial charge in [0.05, 0.1) is 18.9 Å². The van der Waals surface area contributed by atoms with Gasteiger partial charge in [0.1, 0.15) is 0 Å². The fourth-order valence-corrected chi connectivity index (χ4v) is 3.92. The van der Waals surface area contributed by atoms with Crippen LogP contribution >= 0.6 is 11.6 Å². The van der Waals surface area contributed by atoms with Gasteiger partial charge in [-0.15, -0.1) is 0 Å². The van der Waals surface area contributed by atoms with Crippen molar-refractivity contribution >= 4 is 23.2 Å². The number of ether oxygens (including phenoxy) is 1. The Morgan fingerprint density at radius 1 is 1.16 bits per heavy atom. The van der Waals surface area contributed by atoms with E-state index >= 15 is 0 Å². The summed E-state index contributed by atoms with van der Waals surface area (Å²) in [5.74, 6) is 1.28. The van der Waals surface area contributed by atoms with Crippen molar-refractivity contribution in [3.8, 4) is 11.3 Å². The third-order valence-corrected chi connectivity index (χ3v) is 5.55. The third-order valence-electron chi connectivity index (χ3n) is 5.31. The number of nitrogens with one attached hydrogen (secondary N) is 1. The van der Waals surface area contributed by atoms with Gasteiger partial charge in [-0.05, 0) is 30.7 Å². The number of benzene rings is 2. The van der Waals surface area contributed by atoms with Crippen molar-refractivity contribution in [3.05, 3.63) is 70.7 Å². The lowest BCUT2D eigenvalue weighted by Crippen LogP contribution is -2.37. The zero-order valence-corrected chi connectivity index (χ0v) is 18.3. The van der Waals surface area contributed by atoms with Crippen molar-refractivity contribution in [2.75, 3.05) is 31.2 Å². The first kappa shape index (κ1) is 21.4. The molecule has 1 N–H and O–H groups in total. The minimum absolute atomic E-state index is 0.0509. The molecule has 0 radical (unpaired) electrons. The van der Waals surface area contributed by atoms with Crippen molar-refractivity contribution in [2.24, 2.45) is 0 Å². The highest BCUT2D eigenvalue weighted by Crippen LogP contribution is 2.26. The molecule has 31 heavy (non-hydrogen) atoms. The molecule has 2 heterocycles. The molecule has 1 aliphatic rings. The molecule has 0 saturated carbocycles. The average molecular weight is 440 g/mol. The molecule has 3 aromatic rings.